The van der Waals surface area contributed by atoms with Crippen LogP contribution in [0.2, 0.25) is 0 Å². The van der Waals surface area contributed by atoms with E-state index in [4.69, 9.17) is 4.52 Å². The molecule has 1 aliphatic heterocycles. The Kier molecular flexibility index (Phi) is 1.85. The fraction of sp³-hybridized carbons (Fsp3) is 0.556. The molecule has 0 saturated carbocycles. The van der Waals surface area contributed by atoms with E-state index in [0.29, 0.717) is 18.8 Å². The van der Waals surface area contributed by atoms with E-state index >= 15 is 0 Å². The average molecular weight is 196 g/mol. The second-order valence-corrected chi connectivity index (χ2v) is 3.99. The molecule has 0 aliphatic carbocycles. The summed E-state index contributed by atoms with van der Waals surface area (Å²) in [5, 5.41) is 13.1. The first-order valence-corrected chi connectivity index (χ1v) is 4.43. The van der Waals surface area contributed by atoms with Gasteiger partial charge in [0.25, 0.3) is 5.91 Å². The first-order chi connectivity index (χ1) is 6.48. The Morgan fingerprint density at radius 1 is 1.71 bits per heavy atom. The Bertz CT molecular complexity index is 362. The summed E-state index contributed by atoms with van der Waals surface area (Å²) in [7, 11) is 0. The molecule has 0 bridgehead atoms. The van der Waals surface area contributed by atoms with Gasteiger partial charge in [-0.2, -0.15) is 0 Å². The van der Waals surface area contributed by atoms with Gasteiger partial charge in [-0.1, -0.05) is 5.16 Å². The maximum Gasteiger partial charge on any atom is 0.292 e. The summed E-state index contributed by atoms with van der Waals surface area (Å²) in [6.07, 6.45) is 0. The van der Waals surface area contributed by atoms with Crippen LogP contribution in [0.4, 0.5) is 0 Å². The lowest BCUT2D eigenvalue weighted by molar-refractivity contribution is -0.0680. The van der Waals surface area contributed by atoms with Gasteiger partial charge in [-0.3, -0.25) is 4.79 Å². The summed E-state index contributed by atoms with van der Waals surface area (Å²) in [5.41, 5.74) is -0.0642. The highest BCUT2D eigenvalue weighted by molar-refractivity contribution is 5.92. The molecule has 0 radical (unpaired) electrons. The summed E-state index contributed by atoms with van der Waals surface area (Å²) in [6, 6.07) is 1.59. The van der Waals surface area contributed by atoms with Crippen molar-refractivity contribution >= 4 is 5.91 Å². The van der Waals surface area contributed by atoms with Gasteiger partial charge in [-0.15, -0.1) is 0 Å². The molecule has 0 atom stereocenters. The van der Waals surface area contributed by atoms with Crippen LogP contribution in [0.15, 0.2) is 10.6 Å². The largest absolute Gasteiger partial charge is 0.386 e. The number of hydrogen-bond acceptors (Lipinski definition) is 4. The van der Waals surface area contributed by atoms with Crippen molar-refractivity contribution in [3.05, 3.63) is 17.5 Å². The maximum atomic E-state index is 11.6. The second-order valence-electron chi connectivity index (χ2n) is 3.99. The summed E-state index contributed by atoms with van der Waals surface area (Å²) < 4.78 is 4.83. The minimum atomic E-state index is -0.745. The van der Waals surface area contributed by atoms with Gasteiger partial charge in [0.1, 0.15) is 0 Å². The molecule has 5 nitrogen and oxygen atoms in total. The number of amides is 1. The predicted octanol–water partition coefficient (Wildman–Crippen LogP) is 0.190. The van der Waals surface area contributed by atoms with Gasteiger partial charge < -0.3 is 14.5 Å². The molecular formula is C9H12N2O3. The first-order valence-electron chi connectivity index (χ1n) is 4.43. The van der Waals surface area contributed by atoms with E-state index < -0.39 is 5.60 Å². The maximum absolute atomic E-state index is 11.6. The Morgan fingerprint density at radius 3 is 2.79 bits per heavy atom. The number of aryl methyl sites for hydroxylation is 1. The van der Waals surface area contributed by atoms with E-state index in [1.54, 1.807) is 19.9 Å². The van der Waals surface area contributed by atoms with Crippen LogP contribution in [0.1, 0.15) is 23.2 Å². The Hall–Kier alpha value is -1.36. The fourth-order valence-corrected chi connectivity index (χ4v) is 1.54. The first kappa shape index (κ1) is 9.21. The van der Waals surface area contributed by atoms with Gasteiger partial charge in [-0.25, -0.2) is 0 Å². The van der Waals surface area contributed by atoms with Crippen LogP contribution < -0.4 is 0 Å². The van der Waals surface area contributed by atoms with Crippen molar-refractivity contribution in [1.82, 2.24) is 10.1 Å². The number of aliphatic hydroxyl groups is 1. The summed E-state index contributed by atoms with van der Waals surface area (Å²) in [6.45, 7) is 4.16. The van der Waals surface area contributed by atoms with Crippen molar-refractivity contribution in [3.8, 4) is 0 Å². The van der Waals surface area contributed by atoms with Gasteiger partial charge in [-0.05, 0) is 13.8 Å². The minimum Gasteiger partial charge on any atom is -0.386 e. The van der Waals surface area contributed by atoms with Crippen LogP contribution in [0.25, 0.3) is 0 Å². The zero-order valence-corrected chi connectivity index (χ0v) is 8.15. The van der Waals surface area contributed by atoms with Gasteiger partial charge in [0.2, 0.25) is 5.76 Å². The van der Waals surface area contributed by atoms with E-state index in [9.17, 15) is 9.90 Å². The topological polar surface area (TPSA) is 66.6 Å². The van der Waals surface area contributed by atoms with E-state index in [-0.39, 0.29) is 11.7 Å². The third-order valence-corrected chi connectivity index (χ3v) is 2.19. The zero-order chi connectivity index (χ0) is 10.3. The summed E-state index contributed by atoms with van der Waals surface area (Å²) in [4.78, 5) is 13.1. The van der Waals surface area contributed by atoms with Crippen LogP contribution in [-0.4, -0.2) is 39.8 Å². The van der Waals surface area contributed by atoms with Crippen LogP contribution >= 0.6 is 0 Å². The van der Waals surface area contributed by atoms with E-state index in [0.717, 1.165) is 0 Å². The lowest BCUT2D eigenvalue weighted by atomic mass is 9.97. The molecule has 1 aromatic heterocycles. The van der Waals surface area contributed by atoms with E-state index in [1.807, 2.05) is 0 Å². The van der Waals surface area contributed by atoms with Crippen LogP contribution in [-0.2, 0) is 0 Å². The summed E-state index contributed by atoms with van der Waals surface area (Å²) in [5.74, 6) is 0.0233. The number of likely N-dealkylation sites (tertiary alicyclic amines) is 1. The van der Waals surface area contributed by atoms with Crippen LogP contribution in [0.3, 0.4) is 0 Å². The molecule has 76 valence electrons. The highest BCUT2D eigenvalue weighted by Crippen LogP contribution is 2.22. The lowest BCUT2D eigenvalue weighted by Crippen LogP contribution is -2.61. The van der Waals surface area contributed by atoms with Gasteiger partial charge in [0.05, 0.1) is 24.4 Å². The van der Waals surface area contributed by atoms with Crippen molar-refractivity contribution in [1.29, 1.82) is 0 Å². The van der Waals surface area contributed by atoms with Gasteiger partial charge >= 0.3 is 0 Å². The molecule has 1 aromatic rings. The molecule has 1 N–H and O–H groups in total. The Balaban J connectivity index is 2.04. The number of carbonyl (C=O) groups is 1. The SMILES string of the molecule is Cc1cc(C(=O)N2CC(C)(O)C2)on1. The second kappa shape index (κ2) is 2.81. The van der Waals surface area contributed by atoms with Crippen molar-refractivity contribution in [2.24, 2.45) is 0 Å². The normalized spacial score (nSPS) is 19.2. The van der Waals surface area contributed by atoms with Crippen molar-refractivity contribution in [2.45, 2.75) is 19.4 Å². The molecule has 1 fully saturated rings. The molecule has 5 heteroatoms. The third kappa shape index (κ3) is 1.50. The van der Waals surface area contributed by atoms with Crippen molar-refractivity contribution in [2.75, 3.05) is 13.1 Å². The quantitative estimate of drug-likeness (QED) is 0.696. The molecule has 0 aromatic carbocycles. The molecule has 1 amide bonds. The fourth-order valence-electron chi connectivity index (χ4n) is 1.54. The van der Waals surface area contributed by atoms with Gasteiger partial charge in [0.15, 0.2) is 0 Å². The monoisotopic (exact) mass is 196 g/mol. The number of hydrogen-bond donors (Lipinski definition) is 1. The molecule has 0 unspecified atom stereocenters. The number of rotatable bonds is 1. The molecule has 2 heterocycles. The molecule has 1 aliphatic rings. The number of aromatic nitrogens is 1. The lowest BCUT2D eigenvalue weighted by Gasteiger charge is -2.43. The van der Waals surface area contributed by atoms with Crippen LogP contribution in [0.5, 0.6) is 0 Å². The van der Waals surface area contributed by atoms with Crippen molar-refractivity contribution in [3.63, 3.8) is 0 Å². The Labute approximate surface area is 81.3 Å². The standard InChI is InChI=1S/C9H12N2O3/c1-6-3-7(14-10-6)8(12)11-4-9(2,13)5-11/h3,13H,4-5H2,1-2H3. The number of carbonyl (C=O) groups excluding carboxylic acids is 1. The number of nitrogens with zero attached hydrogens (tertiary/aromatic N) is 2. The zero-order valence-electron chi connectivity index (χ0n) is 8.15. The summed E-state index contributed by atoms with van der Waals surface area (Å²) >= 11 is 0. The molecular weight excluding hydrogens is 184 g/mol. The predicted molar refractivity (Wildman–Crippen MR) is 47.8 cm³/mol. The molecule has 0 spiro atoms. The highest BCUT2D eigenvalue weighted by Gasteiger charge is 2.40. The average Bonchev–Trinajstić information content (AvgIpc) is 2.46. The molecule has 2 rings (SSSR count). The van der Waals surface area contributed by atoms with E-state index in [2.05, 4.69) is 5.16 Å². The smallest absolute Gasteiger partial charge is 0.292 e. The number of β-amino-alcohol motifs (C(OH)–C–C–N with tert-alkyl or cyclic N) is 1. The van der Waals surface area contributed by atoms with Crippen molar-refractivity contribution < 1.29 is 14.4 Å². The minimum absolute atomic E-state index is 0.211. The Morgan fingerprint density at radius 2 is 2.36 bits per heavy atom. The third-order valence-electron chi connectivity index (χ3n) is 2.19. The molecule has 1 saturated heterocycles. The highest BCUT2D eigenvalue weighted by atomic mass is 16.5. The van der Waals surface area contributed by atoms with E-state index in [1.165, 1.54) is 4.90 Å². The van der Waals surface area contributed by atoms with Gasteiger partial charge in [0, 0.05) is 6.07 Å². The van der Waals surface area contributed by atoms with Crippen LogP contribution in [0, 0.1) is 6.92 Å². The molecule has 14 heavy (non-hydrogen) atoms.